The second-order valence-electron chi connectivity index (χ2n) is 7.52. The van der Waals surface area contributed by atoms with Gasteiger partial charge in [-0.3, -0.25) is 4.79 Å². The fourth-order valence-electron chi connectivity index (χ4n) is 4.84. The van der Waals surface area contributed by atoms with Gasteiger partial charge < -0.3 is 9.47 Å². The molecule has 6 atom stereocenters. The van der Waals surface area contributed by atoms with Crippen LogP contribution in [0.1, 0.15) is 51.9 Å². The Morgan fingerprint density at radius 3 is 2.73 bits per heavy atom. The molecule has 0 saturated heterocycles. The summed E-state index contributed by atoms with van der Waals surface area (Å²) in [6, 6.07) is 0. The van der Waals surface area contributed by atoms with Crippen molar-refractivity contribution in [1.82, 2.24) is 0 Å². The van der Waals surface area contributed by atoms with Crippen LogP contribution in [0.3, 0.4) is 0 Å². The molecule has 0 aromatic carbocycles. The van der Waals surface area contributed by atoms with Gasteiger partial charge in [0.15, 0.2) is 5.78 Å². The molecule has 0 aromatic rings. The van der Waals surface area contributed by atoms with Gasteiger partial charge in [0.05, 0.1) is 18.1 Å². The van der Waals surface area contributed by atoms with Crippen molar-refractivity contribution in [2.75, 3.05) is 0 Å². The Labute approximate surface area is 132 Å². The molecule has 120 valence electrons. The van der Waals surface area contributed by atoms with Gasteiger partial charge in [0.25, 0.3) is 0 Å². The van der Waals surface area contributed by atoms with Crippen molar-refractivity contribution in [3.05, 3.63) is 24.2 Å². The first-order valence-electron chi connectivity index (χ1n) is 8.98. The third-order valence-electron chi connectivity index (χ3n) is 6.16. The first-order chi connectivity index (χ1) is 10.7. The molecule has 2 fully saturated rings. The van der Waals surface area contributed by atoms with Gasteiger partial charge in [0.1, 0.15) is 18.0 Å². The molecule has 0 bridgehead atoms. The van der Waals surface area contributed by atoms with E-state index in [9.17, 15) is 4.79 Å². The van der Waals surface area contributed by atoms with Gasteiger partial charge in [-0.15, -0.1) is 0 Å². The number of ether oxygens (including phenoxy) is 2. The van der Waals surface area contributed by atoms with Crippen molar-refractivity contribution in [3.63, 3.8) is 0 Å². The highest BCUT2D eigenvalue weighted by atomic mass is 16.5. The molecule has 0 spiro atoms. The van der Waals surface area contributed by atoms with Crippen molar-refractivity contribution < 1.29 is 14.3 Å². The summed E-state index contributed by atoms with van der Waals surface area (Å²) in [6.07, 6.45) is 14.0. The van der Waals surface area contributed by atoms with Gasteiger partial charge in [0.2, 0.25) is 0 Å². The van der Waals surface area contributed by atoms with E-state index in [2.05, 4.69) is 13.0 Å². The van der Waals surface area contributed by atoms with Gasteiger partial charge in [-0.2, -0.15) is 0 Å². The predicted molar refractivity (Wildman–Crippen MR) is 83.9 cm³/mol. The number of carbonyl (C=O) groups is 1. The van der Waals surface area contributed by atoms with Crippen LogP contribution in [0.25, 0.3) is 0 Å². The highest BCUT2D eigenvalue weighted by Crippen LogP contribution is 2.44. The zero-order valence-corrected chi connectivity index (χ0v) is 13.4. The van der Waals surface area contributed by atoms with Gasteiger partial charge >= 0.3 is 0 Å². The Morgan fingerprint density at radius 1 is 1.05 bits per heavy atom. The largest absolute Gasteiger partial charge is 0.498 e. The molecule has 3 nitrogen and oxygen atoms in total. The standard InChI is InChI=1S/C19H26O3/c1-12-5-2-3-6-13(12)18-11-16(20)14-7-4-8-17-15(9-10-21-17)19(14)22-18/h9-15,17,19H,2-8H2,1H3/t12?,13-,14?,15?,17+,19-/m1/s1. The Hall–Kier alpha value is -1.25. The molecule has 3 unspecified atom stereocenters. The zero-order chi connectivity index (χ0) is 15.1. The number of allylic oxidation sites excluding steroid dienone is 2. The number of hydrogen-bond acceptors (Lipinski definition) is 3. The van der Waals surface area contributed by atoms with Crippen molar-refractivity contribution in [2.24, 2.45) is 23.7 Å². The molecule has 4 aliphatic rings. The lowest BCUT2D eigenvalue weighted by molar-refractivity contribution is -0.128. The van der Waals surface area contributed by atoms with Crippen molar-refractivity contribution in [2.45, 2.75) is 64.1 Å². The first-order valence-corrected chi connectivity index (χ1v) is 8.98. The fourth-order valence-corrected chi connectivity index (χ4v) is 4.84. The summed E-state index contributed by atoms with van der Waals surface area (Å²) in [6.45, 7) is 2.30. The fraction of sp³-hybridized carbons (Fsp3) is 0.737. The summed E-state index contributed by atoms with van der Waals surface area (Å²) in [4.78, 5) is 12.7. The van der Waals surface area contributed by atoms with E-state index in [1.54, 1.807) is 0 Å². The molecule has 2 heterocycles. The molecule has 0 amide bonds. The molecule has 0 N–H and O–H groups in total. The van der Waals surface area contributed by atoms with Gasteiger partial charge in [0, 0.05) is 12.0 Å². The van der Waals surface area contributed by atoms with Crippen LogP contribution in [0, 0.1) is 23.7 Å². The van der Waals surface area contributed by atoms with E-state index >= 15 is 0 Å². The van der Waals surface area contributed by atoms with Crippen molar-refractivity contribution in [3.8, 4) is 0 Å². The Morgan fingerprint density at radius 2 is 1.86 bits per heavy atom. The number of ketones is 1. The highest BCUT2D eigenvalue weighted by Gasteiger charge is 2.46. The maximum atomic E-state index is 12.7. The number of carbonyl (C=O) groups excluding carboxylic acids is 1. The summed E-state index contributed by atoms with van der Waals surface area (Å²) in [5.41, 5.74) is 0. The molecule has 3 heteroatoms. The molecule has 2 saturated carbocycles. The maximum absolute atomic E-state index is 12.7. The average Bonchev–Trinajstić information content (AvgIpc) is 2.90. The molecule has 22 heavy (non-hydrogen) atoms. The van der Waals surface area contributed by atoms with Crippen LogP contribution in [-0.4, -0.2) is 18.0 Å². The first kappa shape index (κ1) is 14.3. The normalized spacial score (nSPS) is 44.2. The van der Waals surface area contributed by atoms with E-state index < -0.39 is 0 Å². The van der Waals surface area contributed by atoms with Gasteiger partial charge in [-0.05, 0) is 37.7 Å². The molecule has 2 aliphatic carbocycles. The predicted octanol–water partition coefficient (Wildman–Crippen LogP) is 3.99. The maximum Gasteiger partial charge on any atom is 0.165 e. The minimum atomic E-state index is -0.00660. The van der Waals surface area contributed by atoms with E-state index in [4.69, 9.17) is 9.47 Å². The lowest BCUT2D eigenvalue weighted by Gasteiger charge is -2.39. The zero-order valence-electron chi connectivity index (χ0n) is 13.4. The van der Waals surface area contributed by atoms with E-state index in [1.807, 2.05) is 12.3 Å². The SMILES string of the molecule is CC1CCCC[C@H]1C1=CC(=O)C2CCC[C@@H]3OC=CC3[C@@H]2O1. The smallest absolute Gasteiger partial charge is 0.165 e. The molecule has 0 radical (unpaired) electrons. The highest BCUT2D eigenvalue weighted by molar-refractivity contribution is 5.93. The quantitative estimate of drug-likeness (QED) is 0.734. The summed E-state index contributed by atoms with van der Waals surface area (Å²) in [7, 11) is 0. The Balaban J connectivity index is 1.61. The average molecular weight is 302 g/mol. The lowest BCUT2D eigenvalue weighted by Crippen LogP contribution is -2.42. The lowest BCUT2D eigenvalue weighted by atomic mass is 9.76. The monoisotopic (exact) mass is 302 g/mol. The van der Waals surface area contributed by atoms with Crippen molar-refractivity contribution >= 4 is 5.78 Å². The summed E-state index contributed by atoms with van der Waals surface area (Å²) in [5, 5.41) is 0. The third kappa shape index (κ3) is 2.39. The minimum Gasteiger partial charge on any atom is -0.498 e. The van der Waals surface area contributed by atoms with E-state index in [1.165, 1.54) is 19.3 Å². The van der Waals surface area contributed by atoms with Crippen LogP contribution in [-0.2, 0) is 14.3 Å². The summed E-state index contributed by atoms with van der Waals surface area (Å²) >= 11 is 0. The van der Waals surface area contributed by atoms with Crippen LogP contribution >= 0.6 is 0 Å². The summed E-state index contributed by atoms with van der Waals surface area (Å²) in [5.74, 6) is 2.61. The van der Waals surface area contributed by atoms with E-state index in [-0.39, 0.29) is 24.0 Å². The van der Waals surface area contributed by atoms with Crippen LogP contribution in [0.4, 0.5) is 0 Å². The minimum absolute atomic E-state index is 0.00660. The van der Waals surface area contributed by atoms with E-state index in [0.717, 1.165) is 31.4 Å². The van der Waals surface area contributed by atoms with Gasteiger partial charge in [-0.25, -0.2) is 0 Å². The van der Waals surface area contributed by atoms with Crippen LogP contribution < -0.4 is 0 Å². The number of rotatable bonds is 1. The molecular weight excluding hydrogens is 276 g/mol. The molecule has 0 aromatic heterocycles. The second-order valence-corrected chi connectivity index (χ2v) is 7.52. The van der Waals surface area contributed by atoms with Crippen LogP contribution in [0.15, 0.2) is 24.2 Å². The topological polar surface area (TPSA) is 35.5 Å². The van der Waals surface area contributed by atoms with Crippen molar-refractivity contribution in [1.29, 1.82) is 0 Å². The summed E-state index contributed by atoms with van der Waals surface area (Å²) < 4.78 is 12.2. The van der Waals surface area contributed by atoms with Gasteiger partial charge in [-0.1, -0.05) is 26.2 Å². The number of hydrogen-bond donors (Lipinski definition) is 0. The number of fused-ring (bicyclic) bond motifs is 3. The Kier molecular flexibility index (Phi) is 3.75. The second kappa shape index (κ2) is 5.75. The third-order valence-corrected chi connectivity index (χ3v) is 6.16. The Bertz CT molecular complexity index is 507. The molecule has 4 rings (SSSR count). The van der Waals surface area contributed by atoms with E-state index in [0.29, 0.717) is 17.6 Å². The van der Waals surface area contributed by atoms with Crippen LogP contribution in [0.5, 0.6) is 0 Å². The van der Waals surface area contributed by atoms with Crippen LogP contribution in [0.2, 0.25) is 0 Å². The molecule has 2 aliphatic heterocycles. The molecular formula is C19H26O3.